The van der Waals surface area contributed by atoms with E-state index in [1.807, 2.05) is 61.7 Å². The molecule has 2 amide bonds. The maximum atomic E-state index is 13.9. The molecule has 5 rings (SSSR count). The molecule has 256 valence electrons. The highest BCUT2D eigenvalue weighted by Crippen LogP contribution is 2.43. The van der Waals surface area contributed by atoms with Crippen molar-refractivity contribution in [3.63, 3.8) is 0 Å². The first kappa shape index (κ1) is 35.5. The Morgan fingerprint density at radius 3 is 2.19 bits per heavy atom. The number of hydrogen-bond acceptors (Lipinski definition) is 6. The predicted molar refractivity (Wildman–Crippen MR) is 198 cm³/mol. The Morgan fingerprint density at radius 1 is 0.896 bits per heavy atom. The van der Waals surface area contributed by atoms with Crippen molar-refractivity contribution in [1.29, 1.82) is 0 Å². The van der Waals surface area contributed by atoms with E-state index in [4.69, 9.17) is 4.42 Å². The molecule has 4 aromatic rings. The van der Waals surface area contributed by atoms with Gasteiger partial charge in [0, 0.05) is 66.3 Å². The third kappa shape index (κ3) is 8.06. The zero-order valence-electron chi connectivity index (χ0n) is 28.6. The van der Waals surface area contributed by atoms with Gasteiger partial charge in [0.05, 0.1) is 16.9 Å². The van der Waals surface area contributed by atoms with Gasteiger partial charge in [0.2, 0.25) is 0 Å². The number of benzene rings is 3. The molecular formula is C37H45FN4O4S2. The van der Waals surface area contributed by atoms with Crippen LogP contribution in [0.25, 0.3) is 33.4 Å². The number of nitrogens with one attached hydrogen (secondary N) is 2. The van der Waals surface area contributed by atoms with Crippen molar-refractivity contribution < 1.29 is 22.6 Å². The Kier molecular flexibility index (Phi) is 11.2. The minimum absolute atomic E-state index is 0.234. The Morgan fingerprint density at radius 2 is 1.56 bits per heavy atom. The average molecular weight is 693 g/mol. The number of furan rings is 1. The van der Waals surface area contributed by atoms with Crippen molar-refractivity contribution in [3.05, 3.63) is 71.5 Å². The summed E-state index contributed by atoms with van der Waals surface area (Å²) in [6.45, 7) is 7.19. The van der Waals surface area contributed by atoms with Crippen molar-refractivity contribution in [1.82, 2.24) is 10.6 Å². The summed E-state index contributed by atoms with van der Waals surface area (Å²) in [6, 6.07) is 15.5. The Balaban J connectivity index is 1.83. The second-order valence-electron chi connectivity index (χ2n) is 13.2. The smallest absolute Gasteiger partial charge is 0.255 e. The molecule has 1 unspecified atom stereocenters. The van der Waals surface area contributed by atoms with Crippen LogP contribution in [-0.2, 0) is 11.0 Å². The lowest BCUT2D eigenvalue weighted by Crippen LogP contribution is -2.40. The molecule has 2 bridgehead atoms. The van der Waals surface area contributed by atoms with Crippen LogP contribution in [0.1, 0.15) is 80.0 Å². The molecule has 2 N–H and O–H groups in total. The van der Waals surface area contributed by atoms with E-state index in [1.54, 1.807) is 37.4 Å². The molecule has 2 heterocycles. The van der Waals surface area contributed by atoms with E-state index in [0.29, 0.717) is 45.7 Å². The summed E-state index contributed by atoms with van der Waals surface area (Å²) in [4.78, 5) is 27.2. The van der Waals surface area contributed by atoms with Crippen molar-refractivity contribution in [2.45, 2.75) is 64.8 Å². The van der Waals surface area contributed by atoms with Crippen molar-refractivity contribution in [3.8, 4) is 22.5 Å². The molecule has 1 aliphatic heterocycles. The van der Waals surface area contributed by atoms with Gasteiger partial charge in [-0.05, 0) is 87.7 Å². The molecule has 8 nitrogen and oxygen atoms in total. The second-order valence-corrected chi connectivity index (χ2v) is 15.3. The van der Waals surface area contributed by atoms with E-state index in [-0.39, 0.29) is 17.6 Å². The summed E-state index contributed by atoms with van der Waals surface area (Å²) in [6.07, 6.45) is 9.91. The van der Waals surface area contributed by atoms with Crippen LogP contribution in [0, 0.1) is 5.82 Å². The normalized spacial score (nSPS) is 15.3. The average Bonchev–Trinajstić information content (AvgIpc) is 3.42. The van der Waals surface area contributed by atoms with Crippen LogP contribution < -0.4 is 19.2 Å². The van der Waals surface area contributed by atoms with Crippen molar-refractivity contribution >= 4 is 57.1 Å². The minimum atomic E-state index is -1.33. The number of amides is 2. The number of hydrogen-bond donors (Lipinski definition) is 2. The molecule has 0 aliphatic carbocycles. The third-order valence-corrected chi connectivity index (χ3v) is 10.2. The summed E-state index contributed by atoms with van der Waals surface area (Å²) in [5.74, 6) is -0.609. The van der Waals surface area contributed by atoms with Gasteiger partial charge in [-0.2, -0.15) is 0 Å². The van der Waals surface area contributed by atoms with Crippen LogP contribution >= 0.6 is 11.9 Å². The zero-order chi connectivity index (χ0) is 34.6. The number of carbonyl (C=O) groups is 2. The van der Waals surface area contributed by atoms with Gasteiger partial charge >= 0.3 is 0 Å². The van der Waals surface area contributed by atoms with Crippen molar-refractivity contribution in [2.24, 2.45) is 0 Å². The predicted octanol–water partition coefficient (Wildman–Crippen LogP) is 8.33. The van der Waals surface area contributed by atoms with Crippen molar-refractivity contribution in [2.75, 3.05) is 41.3 Å². The van der Waals surface area contributed by atoms with E-state index in [0.717, 1.165) is 61.9 Å². The fourth-order valence-electron chi connectivity index (χ4n) is 6.11. The Hall–Kier alpha value is -3.83. The lowest BCUT2D eigenvalue weighted by atomic mass is 9.96. The number of nitrogens with zero attached hydrogens (tertiary/aromatic N) is 2. The number of halogens is 1. The highest BCUT2D eigenvalue weighted by molar-refractivity contribution is 8.00. The highest BCUT2D eigenvalue weighted by atomic mass is 32.2. The molecule has 1 atom stereocenters. The maximum Gasteiger partial charge on any atom is 0.255 e. The van der Waals surface area contributed by atoms with E-state index in [2.05, 4.69) is 14.9 Å². The summed E-state index contributed by atoms with van der Waals surface area (Å²) in [5, 5.41) is 6.42. The summed E-state index contributed by atoms with van der Waals surface area (Å²) in [5.41, 5.74) is 4.53. The lowest BCUT2D eigenvalue weighted by molar-refractivity contribution is 0.0918. The first-order valence-corrected chi connectivity index (χ1v) is 19.1. The van der Waals surface area contributed by atoms with E-state index in [1.165, 1.54) is 12.1 Å². The number of anilines is 2. The zero-order valence-corrected chi connectivity index (χ0v) is 30.2. The van der Waals surface area contributed by atoms with E-state index >= 15 is 0 Å². The molecule has 48 heavy (non-hydrogen) atoms. The first-order valence-electron chi connectivity index (χ1n) is 16.4. The van der Waals surface area contributed by atoms with Gasteiger partial charge in [-0.1, -0.05) is 37.6 Å². The number of carbonyl (C=O) groups excluding carboxylic acids is 2. The topological polar surface area (TPSA) is 94.9 Å². The van der Waals surface area contributed by atoms with Gasteiger partial charge in [0.1, 0.15) is 28.1 Å². The summed E-state index contributed by atoms with van der Waals surface area (Å²) >= 11 is 1.60. The Bertz CT molecular complexity index is 1820. The monoisotopic (exact) mass is 692 g/mol. The standard InChI is InChI=1S/C37H45FN4O4S2/c1-37(2,3)40-35(43)26-19-25-20-28(21-26)42(48(6)45)18-12-10-8-7-9-11-17-41(47-5)31-23-32-30(22-29(25)31)33(36(44)39-4)34(46-32)24-13-15-27(38)16-14-24/h13-16,19-23H,7-12,17-18H2,1-6H3,(H,39,44)(H,40,43). The molecular weight excluding hydrogens is 648 g/mol. The second kappa shape index (κ2) is 15.2. The lowest BCUT2D eigenvalue weighted by Gasteiger charge is -2.27. The SMILES string of the molecule is CNC(=O)c1c(-c2ccc(F)cc2)oc2cc3c(cc12)-c1cc(C(=O)NC(C)(C)C)cc(c1)N(S(C)=O)CCCCCCCCN3SC. The van der Waals surface area contributed by atoms with Gasteiger partial charge in [-0.3, -0.25) is 13.9 Å². The third-order valence-electron chi connectivity index (χ3n) is 8.41. The minimum Gasteiger partial charge on any atom is -0.455 e. The van der Waals surface area contributed by atoms with Gasteiger partial charge in [0.15, 0.2) is 0 Å². The van der Waals surface area contributed by atoms with Crippen LogP contribution in [-0.4, -0.2) is 54.2 Å². The largest absolute Gasteiger partial charge is 0.455 e. The van der Waals surface area contributed by atoms with Crippen LogP contribution in [0.5, 0.6) is 0 Å². The van der Waals surface area contributed by atoms with Gasteiger partial charge in [0.25, 0.3) is 11.8 Å². The van der Waals surface area contributed by atoms with Crippen LogP contribution in [0.3, 0.4) is 0 Å². The molecule has 0 saturated heterocycles. The van der Waals surface area contributed by atoms with Crippen LogP contribution in [0.15, 0.2) is 59.0 Å². The molecule has 0 saturated carbocycles. The van der Waals surface area contributed by atoms with Gasteiger partial charge < -0.3 is 19.4 Å². The fourth-order valence-corrected chi connectivity index (χ4v) is 7.56. The highest BCUT2D eigenvalue weighted by Gasteiger charge is 2.26. The number of fused-ring (bicyclic) bond motifs is 5. The fraction of sp³-hybridized carbons (Fsp3) is 0.405. The quantitative estimate of drug-likeness (QED) is 0.204. The van der Waals surface area contributed by atoms with E-state index < -0.39 is 16.5 Å². The Labute approximate surface area is 289 Å². The molecule has 11 heteroatoms. The molecule has 3 aromatic carbocycles. The first-order chi connectivity index (χ1) is 22.9. The molecule has 0 spiro atoms. The van der Waals surface area contributed by atoms with E-state index in [9.17, 15) is 18.2 Å². The molecule has 1 aromatic heterocycles. The van der Waals surface area contributed by atoms with Gasteiger partial charge in [-0.25, -0.2) is 8.60 Å². The summed E-state index contributed by atoms with van der Waals surface area (Å²) in [7, 11) is 0.235. The number of rotatable bonds is 5. The molecule has 0 fully saturated rings. The summed E-state index contributed by atoms with van der Waals surface area (Å²) < 4.78 is 37.6. The van der Waals surface area contributed by atoms with Gasteiger partial charge in [-0.15, -0.1) is 0 Å². The van der Waals surface area contributed by atoms with Crippen LogP contribution in [0.4, 0.5) is 15.8 Å². The maximum absolute atomic E-state index is 13.9. The molecule has 1 aliphatic rings. The van der Waals surface area contributed by atoms with Crippen LogP contribution in [0.2, 0.25) is 0 Å². The molecule has 0 radical (unpaired) electrons.